The van der Waals surface area contributed by atoms with Crippen molar-refractivity contribution < 1.29 is 4.79 Å². The molecule has 2 aromatic rings. The third kappa shape index (κ3) is 4.43. The number of benzene rings is 1. The van der Waals surface area contributed by atoms with Crippen molar-refractivity contribution in [2.75, 3.05) is 38.0 Å². The van der Waals surface area contributed by atoms with E-state index in [1.54, 1.807) is 0 Å². The molecule has 140 valence electrons. The molecule has 0 aliphatic carbocycles. The summed E-state index contributed by atoms with van der Waals surface area (Å²) in [4.78, 5) is 21.2. The Balaban J connectivity index is 1.45. The van der Waals surface area contributed by atoms with Crippen LogP contribution in [0.2, 0.25) is 0 Å². The first-order chi connectivity index (χ1) is 12.6. The SMILES string of the molecule is CCc1nccn1CCN1CCN(C(=O)Nc2ccc(C)c(C)c2)CC1. The predicted molar refractivity (Wildman–Crippen MR) is 105 cm³/mol. The lowest BCUT2D eigenvalue weighted by atomic mass is 10.1. The Hall–Kier alpha value is -2.34. The van der Waals surface area contributed by atoms with Crippen LogP contribution in [0.25, 0.3) is 0 Å². The van der Waals surface area contributed by atoms with Crippen LogP contribution >= 0.6 is 0 Å². The molecule has 0 atom stereocenters. The molecule has 0 saturated carbocycles. The quantitative estimate of drug-likeness (QED) is 0.897. The van der Waals surface area contributed by atoms with Crippen molar-refractivity contribution in [2.24, 2.45) is 0 Å². The van der Waals surface area contributed by atoms with E-state index in [9.17, 15) is 4.79 Å². The van der Waals surface area contributed by atoms with E-state index in [0.717, 1.165) is 57.2 Å². The largest absolute Gasteiger partial charge is 0.334 e. The number of anilines is 1. The van der Waals surface area contributed by atoms with Crippen molar-refractivity contribution in [2.45, 2.75) is 33.7 Å². The van der Waals surface area contributed by atoms with E-state index in [4.69, 9.17) is 0 Å². The molecule has 0 radical (unpaired) electrons. The fraction of sp³-hybridized carbons (Fsp3) is 0.500. The molecule has 1 aliphatic heterocycles. The van der Waals surface area contributed by atoms with Gasteiger partial charge in [-0.2, -0.15) is 0 Å². The highest BCUT2D eigenvalue weighted by atomic mass is 16.2. The molecule has 0 spiro atoms. The number of carbonyl (C=O) groups is 1. The number of rotatable bonds is 5. The molecule has 0 bridgehead atoms. The standard InChI is InChI=1S/C20H29N5O/c1-4-19-21-7-8-24(19)12-9-23-10-13-25(14-11-23)20(26)22-18-6-5-16(2)17(3)15-18/h5-8,15H,4,9-14H2,1-3H3,(H,22,26). The molecule has 0 unspecified atom stereocenters. The maximum absolute atomic E-state index is 12.5. The van der Waals surface area contributed by atoms with Gasteiger partial charge in [-0.15, -0.1) is 0 Å². The lowest BCUT2D eigenvalue weighted by Gasteiger charge is -2.34. The Bertz CT molecular complexity index is 746. The molecular weight excluding hydrogens is 326 g/mol. The number of urea groups is 1. The lowest BCUT2D eigenvalue weighted by Crippen LogP contribution is -2.50. The number of carbonyl (C=O) groups excluding carboxylic acids is 1. The topological polar surface area (TPSA) is 53.4 Å². The van der Waals surface area contributed by atoms with Gasteiger partial charge in [0.1, 0.15) is 5.82 Å². The number of amides is 2. The molecule has 1 aromatic heterocycles. The highest BCUT2D eigenvalue weighted by Gasteiger charge is 2.21. The van der Waals surface area contributed by atoms with Crippen LogP contribution in [0.3, 0.4) is 0 Å². The average Bonchev–Trinajstić information content (AvgIpc) is 3.11. The second kappa shape index (κ2) is 8.36. The Morgan fingerprint density at radius 3 is 2.58 bits per heavy atom. The van der Waals surface area contributed by atoms with Gasteiger partial charge in [-0.05, 0) is 37.1 Å². The second-order valence-corrected chi connectivity index (χ2v) is 6.95. The number of aryl methyl sites for hydroxylation is 3. The Kier molecular flexibility index (Phi) is 5.93. The summed E-state index contributed by atoms with van der Waals surface area (Å²) in [6.45, 7) is 11.6. The van der Waals surface area contributed by atoms with E-state index >= 15 is 0 Å². The highest BCUT2D eigenvalue weighted by Crippen LogP contribution is 2.15. The first-order valence-corrected chi connectivity index (χ1v) is 9.42. The number of aromatic nitrogens is 2. The van der Waals surface area contributed by atoms with E-state index in [1.165, 1.54) is 11.1 Å². The summed E-state index contributed by atoms with van der Waals surface area (Å²) in [7, 11) is 0. The predicted octanol–water partition coefficient (Wildman–Crippen LogP) is 2.91. The average molecular weight is 355 g/mol. The van der Waals surface area contributed by atoms with Gasteiger partial charge in [0.2, 0.25) is 0 Å². The molecule has 6 heteroatoms. The van der Waals surface area contributed by atoms with Gasteiger partial charge >= 0.3 is 6.03 Å². The van der Waals surface area contributed by atoms with Crippen LogP contribution in [-0.2, 0) is 13.0 Å². The number of nitrogens with one attached hydrogen (secondary N) is 1. The van der Waals surface area contributed by atoms with Crippen molar-refractivity contribution >= 4 is 11.7 Å². The van der Waals surface area contributed by atoms with Crippen LogP contribution in [-0.4, -0.2) is 58.1 Å². The Morgan fingerprint density at radius 1 is 1.12 bits per heavy atom. The van der Waals surface area contributed by atoms with Gasteiger partial charge in [0, 0.05) is 63.8 Å². The molecule has 26 heavy (non-hydrogen) atoms. The van der Waals surface area contributed by atoms with Crippen LogP contribution in [0.5, 0.6) is 0 Å². The molecule has 1 N–H and O–H groups in total. The van der Waals surface area contributed by atoms with Gasteiger partial charge in [-0.25, -0.2) is 9.78 Å². The Labute approximate surface area is 155 Å². The summed E-state index contributed by atoms with van der Waals surface area (Å²) < 4.78 is 2.22. The van der Waals surface area contributed by atoms with Gasteiger partial charge < -0.3 is 14.8 Å². The summed E-state index contributed by atoms with van der Waals surface area (Å²) in [5, 5.41) is 3.02. The second-order valence-electron chi connectivity index (χ2n) is 6.95. The fourth-order valence-corrected chi connectivity index (χ4v) is 3.30. The van der Waals surface area contributed by atoms with Crippen LogP contribution in [0, 0.1) is 13.8 Å². The molecule has 6 nitrogen and oxygen atoms in total. The van der Waals surface area contributed by atoms with Gasteiger partial charge in [0.15, 0.2) is 0 Å². The molecule has 2 amide bonds. The minimum atomic E-state index is -0.00391. The molecule has 1 aromatic carbocycles. The fourth-order valence-electron chi connectivity index (χ4n) is 3.30. The summed E-state index contributed by atoms with van der Waals surface area (Å²) in [5.41, 5.74) is 3.30. The van der Waals surface area contributed by atoms with E-state index in [1.807, 2.05) is 35.5 Å². The van der Waals surface area contributed by atoms with E-state index in [-0.39, 0.29) is 6.03 Å². The van der Waals surface area contributed by atoms with E-state index in [2.05, 4.69) is 40.5 Å². The summed E-state index contributed by atoms with van der Waals surface area (Å²) in [5.74, 6) is 1.14. The van der Waals surface area contributed by atoms with Crippen molar-refractivity contribution in [1.29, 1.82) is 0 Å². The van der Waals surface area contributed by atoms with Crippen molar-refractivity contribution in [3.63, 3.8) is 0 Å². The smallest absolute Gasteiger partial charge is 0.321 e. The zero-order valence-electron chi connectivity index (χ0n) is 16.0. The minimum Gasteiger partial charge on any atom is -0.334 e. The summed E-state index contributed by atoms with van der Waals surface area (Å²) >= 11 is 0. The molecular formula is C20H29N5O. The highest BCUT2D eigenvalue weighted by molar-refractivity contribution is 5.89. The van der Waals surface area contributed by atoms with Gasteiger partial charge in [-0.1, -0.05) is 13.0 Å². The van der Waals surface area contributed by atoms with E-state index in [0.29, 0.717) is 0 Å². The maximum atomic E-state index is 12.5. The molecule has 1 fully saturated rings. The number of imidazole rings is 1. The van der Waals surface area contributed by atoms with Gasteiger partial charge in [0.05, 0.1) is 0 Å². The maximum Gasteiger partial charge on any atom is 0.321 e. The zero-order valence-corrected chi connectivity index (χ0v) is 16.0. The van der Waals surface area contributed by atoms with Crippen molar-refractivity contribution in [1.82, 2.24) is 19.4 Å². The van der Waals surface area contributed by atoms with Crippen molar-refractivity contribution in [3.8, 4) is 0 Å². The third-order valence-corrected chi connectivity index (χ3v) is 5.19. The van der Waals surface area contributed by atoms with Gasteiger partial charge in [-0.3, -0.25) is 4.90 Å². The van der Waals surface area contributed by atoms with Gasteiger partial charge in [0.25, 0.3) is 0 Å². The monoisotopic (exact) mass is 355 g/mol. The number of hydrogen-bond donors (Lipinski definition) is 1. The lowest BCUT2D eigenvalue weighted by molar-refractivity contribution is 0.144. The number of hydrogen-bond acceptors (Lipinski definition) is 3. The first kappa shape index (κ1) is 18.5. The first-order valence-electron chi connectivity index (χ1n) is 9.42. The molecule has 1 aliphatic rings. The van der Waals surface area contributed by atoms with Crippen LogP contribution in [0.15, 0.2) is 30.6 Å². The third-order valence-electron chi connectivity index (χ3n) is 5.19. The van der Waals surface area contributed by atoms with Crippen LogP contribution < -0.4 is 5.32 Å². The number of nitrogens with zero attached hydrogens (tertiary/aromatic N) is 4. The Morgan fingerprint density at radius 2 is 1.88 bits per heavy atom. The normalized spacial score (nSPS) is 15.3. The zero-order chi connectivity index (χ0) is 18.5. The number of piperazine rings is 1. The molecule has 1 saturated heterocycles. The summed E-state index contributed by atoms with van der Waals surface area (Å²) in [6.07, 6.45) is 4.87. The minimum absolute atomic E-state index is 0.00391. The molecule has 3 rings (SSSR count). The van der Waals surface area contributed by atoms with Crippen LogP contribution in [0.1, 0.15) is 23.9 Å². The summed E-state index contributed by atoms with van der Waals surface area (Å²) in [6, 6.07) is 6.03. The van der Waals surface area contributed by atoms with Crippen molar-refractivity contribution in [3.05, 3.63) is 47.5 Å². The van der Waals surface area contributed by atoms with E-state index < -0.39 is 0 Å². The van der Waals surface area contributed by atoms with Crippen LogP contribution in [0.4, 0.5) is 10.5 Å². The molecule has 2 heterocycles.